The van der Waals surface area contributed by atoms with Gasteiger partial charge in [-0.25, -0.2) is 9.36 Å². The molecule has 4 heterocycles. The van der Waals surface area contributed by atoms with Gasteiger partial charge >= 0.3 is 0 Å². The van der Waals surface area contributed by atoms with Gasteiger partial charge in [-0.1, -0.05) is 0 Å². The van der Waals surface area contributed by atoms with Crippen molar-refractivity contribution in [2.75, 3.05) is 32.7 Å². The molecule has 1 fully saturated rings. The molecule has 0 aromatic carbocycles. The maximum atomic E-state index is 12.3. The third kappa shape index (κ3) is 4.63. The summed E-state index contributed by atoms with van der Waals surface area (Å²) in [5, 5.41) is 9.00. The van der Waals surface area contributed by atoms with Crippen LogP contribution in [-0.2, 0) is 13.1 Å². The van der Waals surface area contributed by atoms with Gasteiger partial charge in [-0.05, 0) is 32.9 Å². The van der Waals surface area contributed by atoms with E-state index >= 15 is 0 Å². The number of piperazine rings is 1. The lowest BCUT2D eigenvalue weighted by molar-refractivity contribution is 0.121. The van der Waals surface area contributed by atoms with E-state index in [9.17, 15) is 4.79 Å². The van der Waals surface area contributed by atoms with Crippen molar-refractivity contribution in [1.82, 2.24) is 39.3 Å². The van der Waals surface area contributed by atoms with Gasteiger partial charge in [-0.15, -0.1) is 5.10 Å². The van der Waals surface area contributed by atoms with Crippen LogP contribution in [0.1, 0.15) is 22.8 Å². The molecule has 0 unspecified atom stereocenters. The number of hydrogen-bond donors (Lipinski definition) is 0. The molecule has 0 atom stereocenters. The summed E-state index contributed by atoms with van der Waals surface area (Å²) in [5.41, 5.74) is 3.88. The van der Waals surface area contributed by atoms with E-state index in [2.05, 4.69) is 30.0 Å². The summed E-state index contributed by atoms with van der Waals surface area (Å²) >= 11 is 0. The topological polar surface area (TPSA) is 85.0 Å². The van der Waals surface area contributed by atoms with E-state index < -0.39 is 0 Å². The third-order valence-electron chi connectivity index (χ3n) is 5.53. The fraction of sp³-hybridized carbons (Fsp3) is 0.476. The summed E-state index contributed by atoms with van der Waals surface area (Å²) in [7, 11) is 0. The molecule has 1 aliphatic rings. The fourth-order valence-electron chi connectivity index (χ4n) is 3.78. The molecule has 30 heavy (non-hydrogen) atoms. The predicted molar refractivity (Wildman–Crippen MR) is 114 cm³/mol. The van der Waals surface area contributed by atoms with E-state index in [0.717, 1.165) is 62.0 Å². The van der Waals surface area contributed by atoms with Crippen molar-refractivity contribution in [3.05, 3.63) is 63.7 Å². The quantitative estimate of drug-likeness (QED) is 0.601. The second-order valence-electron chi connectivity index (χ2n) is 7.80. The van der Waals surface area contributed by atoms with Crippen LogP contribution in [0.5, 0.6) is 0 Å². The zero-order valence-electron chi connectivity index (χ0n) is 17.8. The van der Waals surface area contributed by atoms with Crippen molar-refractivity contribution in [3.8, 4) is 5.82 Å². The van der Waals surface area contributed by atoms with E-state index in [0.29, 0.717) is 12.4 Å². The molecule has 0 radical (unpaired) electrons. The smallest absolute Gasteiger partial charge is 0.266 e. The summed E-state index contributed by atoms with van der Waals surface area (Å²) in [6.45, 7) is 12.0. The van der Waals surface area contributed by atoms with Crippen molar-refractivity contribution < 1.29 is 0 Å². The number of aryl methyl sites for hydroxylation is 3. The molecule has 0 N–H and O–H groups in total. The first-order chi connectivity index (χ1) is 14.5. The van der Waals surface area contributed by atoms with Gasteiger partial charge in [0.1, 0.15) is 0 Å². The van der Waals surface area contributed by atoms with Crippen LogP contribution in [0.15, 0.2) is 35.4 Å². The highest BCUT2D eigenvalue weighted by Gasteiger charge is 2.18. The van der Waals surface area contributed by atoms with Crippen LogP contribution in [-0.4, -0.2) is 72.1 Å². The van der Waals surface area contributed by atoms with E-state index in [1.54, 1.807) is 33.9 Å². The minimum atomic E-state index is -0.0861. The molecule has 9 heteroatoms. The molecule has 0 amide bonds. The second-order valence-corrected chi connectivity index (χ2v) is 7.80. The van der Waals surface area contributed by atoms with Crippen LogP contribution < -0.4 is 5.56 Å². The highest BCUT2D eigenvalue weighted by molar-refractivity contribution is 5.23. The summed E-state index contributed by atoms with van der Waals surface area (Å²) < 4.78 is 3.32. The van der Waals surface area contributed by atoms with Crippen LogP contribution in [0.2, 0.25) is 0 Å². The summed E-state index contributed by atoms with van der Waals surface area (Å²) in [6, 6.07) is 5.30. The molecule has 9 nitrogen and oxygen atoms in total. The fourth-order valence-corrected chi connectivity index (χ4v) is 3.78. The number of rotatable bonds is 6. The van der Waals surface area contributed by atoms with Gasteiger partial charge in [-0.3, -0.25) is 24.6 Å². The van der Waals surface area contributed by atoms with Crippen molar-refractivity contribution in [2.45, 2.75) is 33.9 Å². The van der Waals surface area contributed by atoms with Crippen LogP contribution >= 0.6 is 0 Å². The minimum absolute atomic E-state index is 0.0861. The first-order valence-corrected chi connectivity index (χ1v) is 10.3. The van der Waals surface area contributed by atoms with Crippen LogP contribution in [0.3, 0.4) is 0 Å². The van der Waals surface area contributed by atoms with E-state index in [1.807, 2.05) is 26.8 Å². The first kappa shape index (κ1) is 20.4. The molecular weight excluding hydrogens is 380 g/mol. The van der Waals surface area contributed by atoms with Gasteiger partial charge in [0.2, 0.25) is 0 Å². The molecule has 0 saturated carbocycles. The third-order valence-corrected chi connectivity index (χ3v) is 5.53. The standard InChI is InChI=1S/C21H28N8O/c1-16-14-17(2)29(24-16)20-4-5-21(30)28(25-20)13-12-26-8-10-27(11-9-26)15-19-18(3)22-6-7-23-19/h4-7,14H,8-13,15H2,1-3H3. The first-order valence-electron chi connectivity index (χ1n) is 10.3. The van der Waals surface area contributed by atoms with Crippen LogP contribution in [0.4, 0.5) is 0 Å². The largest absolute Gasteiger partial charge is 0.299 e. The summed E-state index contributed by atoms with van der Waals surface area (Å²) in [4.78, 5) is 25.8. The number of aromatic nitrogens is 6. The average Bonchev–Trinajstić information content (AvgIpc) is 3.08. The molecule has 1 aliphatic heterocycles. The van der Waals surface area contributed by atoms with Gasteiger partial charge in [0, 0.05) is 63.4 Å². The Hall–Kier alpha value is -2.91. The van der Waals surface area contributed by atoms with Crippen molar-refractivity contribution in [2.24, 2.45) is 0 Å². The molecule has 0 aliphatic carbocycles. The Bertz CT molecular complexity index is 1060. The van der Waals surface area contributed by atoms with Gasteiger partial charge in [0.15, 0.2) is 5.82 Å². The Kier molecular flexibility index (Phi) is 6.01. The lowest BCUT2D eigenvalue weighted by Crippen LogP contribution is -2.47. The zero-order valence-corrected chi connectivity index (χ0v) is 17.8. The molecule has 3 aromatic heterocycles. The van der Waals surface area contributed by atoms with Crippen molar-refractivity contribution >= 4 is 0 Å². The Labute approximate surface area is 176 Å². The van der Waals surface area contributed by atoms with Crippen molar-refractivity contribution in [3.63, 3.8) is 0 Å². The maximum Gasteiger partial charge on any atom is 0.266 e. The molecule has 158 valence electrons. The molecule has 1 saturated heterocycles. The van der Waals surface area contributed by atoms with Crippen LogP contribution in [0.25, 0.3) is 5.82 Å². The average molecular weight is 409 g/mol. The second kappa shape index (κ2) is 8.85. The predicted octanol–water partition coefficient (Wildman–Crippen LogP) is 0.962. The molecule has 0 bridgehead atoms. The van der Waals surface area contributed by atoms with E-state index in [1.165, 1.54) is 0 Å². The van der Waals surface area contributed by atoms with Gasteiger partial charge in [-0.2, -0.15) is 5.10 Å². The van der Waals surface area contributed by atoms with Gasteiger partial charge in [0.25, 0.3) is 5.56 Å². The maximum absolute atomic E-state index is 12.3. The summed E-state index contributed by atoms with van der Waals surface area (Å²) in [6.07, 6.45) is 3.49. The SMILES string of the molecule is Cc1cc(C)n(-c2ccc(=O)n(CCN3CCN(Cc4nccnc4C)CC3)n2)n1. The number of hydrogen-bond acceptors (Lipinski definition) is 7. The Morgan fingerprint density at radius 1 is 0.900 bits per heavy atom. The van der Waals surface area contributed by atoms with Gasteiger partial charge < -0.3 is 0 Å². The lowest BCUT2D eigenvalue weighted by atomic mass is 10.2. The van der Waals surface area contributed by atoms with E-state index in [4.69, 9.17) is 0 Å². The van der Waals surface area contributed by atoms with Crippen LogP contribution in [0, 0.1) is 20.8 Å². The van der Waals surface area contributed by atoms with Crippen molar-refractivity contribution in [1.29, 1.82) is 0 Å². The summed E-state index contributed by atoms with van der Waals surface area (Å²) in [5.74, 6) is 0.671. The molecule has 4 rings (SSSR count). The molecular formula is C21H28N8O. The lowest BCUT2D eigenvalue weighted by Gasteiger charge is -2.34. The van der Waals surface area contributed by atoms with E-state index in [-0.39, 0.29) is 5.56 Å². The normalized spacial score (nSPS) is 15.6. The van der Waals surface area contributed by atoms with Gasteiger partial charge in [0.05, 0.1) is 23.6 Å². The number of nitrogens with zero attached hydrogens (tertiary/aromatic N) is 8. The molecule has 0 spiro atoms. The highest BCUT2D eigenvalue weighted by atomic mass is 16.1. The Balaban J connectivity index is 1.33. The minimum Gasteiger partial charge on any atom is -0.299 e. The Morgan fingerprint density at radius 3 is 2.33 bits per heavy atom. The monoisotopic (exact) mass is 408 g/mol. The molecule has 3 aromatic rings. The zero-order chi connectivity index (χ0) is 21.1. The highest BCUT2D eigenvalue weighted by Crippen LogP contribution is 2.10. The Morgan fingerprint density at radius 2 is 1.63 bits per heavy atom.